The lowest BCUT2D eigenvalue weighted by Crippen LogP contribution is -2.03. The van der Waals surface area contributed by atoms with Gasteiger partial charge in [-0.1, -0.05) is 29.8 Å². The van der Waals surface area contributed by atoms with Crippen LogP contribution in [0.2, 0.25) is 5.02 Å². The van der Waals surface area contributed by atoms with Crippen LogP contribution >= 0.6 is 27.5 Å². The number of nitrogens with one attached hydrogen (secondary N) is 1. The molecule has 94 valence electrons. The van der Waals surface area contributed by atoms with E-state index in [2.05, 4.69) is 21.2 Å². The highest BCUT2D eigenvalue weighted by molar-refractivity contribution is 9.10. The van der Waals surface area contributed by atoms with Crippen molar-refractivity contribution < 1.29 is 4.39 Å². The van der Waals surface area contributed by atoms with Gasteiger partial charge in [0.05, 0.1) is 5.69 Å². The van der Waals surface area contributed by atoms with Crippen molar-refractivity contribution in [1.29, 1.82) is 0 Å². The van der Waals surface area contributed by atoms with Crippen molar-refractivity contribution in [2.24, 2.45) is 0 Å². The molecule has 0 saturated carbocycles. The van der Waals surface area contributed by atoms with E-state index in [1.54, 1.807) is 12.1 Å². The van der Waals surface area contributed by atoms with Crippen LogP contribution in [0, 0.1) is 12.7 Å². The van der Waals surface area contributed by atoms with E-state index < -0.39 is 0 Å². The molecule has 0 radical (unpaired) electrons. The van der Waals surface area contributed by atoms with E-state index in [-0.39, 0.29) is 5.82 Å². The van der Waals surface area contributed by atoms with Gasteiger partial charge in [-0.05, 0) is 52.2 Å². The molecule has 0 atom stereocenters. The van der Waals surface area contributed by atoms with Gasteiger partial charge in [0.25, 0.3) is 0 Å². The van der Waals surface area contributed by atoms with Gasteiger partial charge in [-0.15, -0.1) is 0 Å². The Labute approximate surface area is 119 Å². The molecule has 0 heterocycles. The Bertz CT molecular complexity index is 551. The first kappa shape index (κ1) is 13.4. The maximum atomic E-state index is 13.6. The smallest absolute Gasteiger partial charge is 0.147 e. The van der Waals surface area contributed by atoms with Crippen LogP contribution in [0.25, 0.3) is 0 Å². The van der Waals surface area contributed by atoms with Crippen molar-refractivity contribution in [2.75, 3.05) is 5.32 Å². The molecule has 0 unspecified atom stereocenters. The van der Waals surface area contributed by atoms with Crippen molar-refractivity contribution in [1.82, 2.24) is 0 Å². The van der Waals surface area contributed by atoms with Gasteiger partial charge in [-0.2, -0.15) is 0 Å². The Kier molecular flexibility index (Phi) is 4.25. The van der Waals surface area contributed by atoms with Crippen molar-refractivity contribution in [2.45, 2.75) is 13.5 Å². The molecule has 0 fully saturated rings. The molecular weight excluding hydrogens is 317 g/mol. The molecule has 0 aliphatic rings. The summed E-state index contributed by atoms with van der Waals surface area (Å²) in [6.45, 7) is 2.47. The summed E-state index contributed by atoms with van der Waals surface area (Å²) in [4.78, 5) is 0. The van der Waals surface area contributed by atoms with Crippen LogP contribution in [-0.4, -0.2) is 0 Å². The van der Waals surface area contributed by atoms with E-state index in [9.17, 15) is 4.39 Å². The first-order valence-electron chi connectivity index (χ1n) is 5.51. The topological polar surface area (TPSA) is 12.0 Å². The first-order valence-corrected chi connectivity index (χ1v) is 6.68. The first-order chi connectivity index (χ1) is 8.58. The molecule has 2 aromatic rings. The predicted molar refractivity (Wildman–Crippen MR) is 77.6 cm³/mol. The Hall–Kier alpha value is -1.06. The molecule has 1 N–H and O–H groups in total. The Morgan fingerprint density at radius 3 is 2.72 bits per heavy atom. The summed E-state index contributed by atoms with van der Waals surface area (Å²) in [5.41, 5.74) is 2.50. The van der Waals surface area contributed by atoms with Crippen molar-refractivity contribution >= 4 is 33.2 Å². The van der Waals surface area contributed by atoms with E-state index in [1.165, 1.54) is 6.07 Å². The fourth-order valence-corrected chi connectivity index (χ4v) is 2.43. The summed E-state index contributed by atoms with van der Waals surface area (Å²) in [6, 6.07) is 10.7. The number of hydrogen-bond donors (Lipinski definition) is 1. The van der Waals surface area contributed by atoms with E-state index in [0.717, 1.165) is 11.1 Å². The Morgan fingerprint density at radius 2 is 2.06 bits per heavy atom. The van der Waals surface area contributed by atoms with Gasteiger partial charge in [0.1, 0.15) is 5.82 Å². The monoisotopic (exact) mass is 327 g/mol. The summed E-state index contributed by atoms with van der Waals surface area (Å²) in [6.07, 6.45) is 0. The van der Waals surface area contributed by atoms with Gasteiger partial charge in [-0.3, -0.25) is 0 Å². The second-order valence-electron chi connectivity index (χ2n) is 4.05. The minimum Gasteiger partial charge on any atom is -0.378 e. The van der Waals surface area contributed by atoms with Crippen molar-refractivity contribution in [3.63, 3.8) is 0 Å². The maximum absolute atomic E-state index is 13.6. The number of para-hydroxylation sites is 1. The van der Waals surface area contributed by atoms with Gasteiger partial charge in [0.15, 0.2) is 0 Å². The fourth-order valence-electron chi connectivity index (χ4n) is 1.65. The lowest BCUT2D eigenvalue weighted by atomic mass is 10.1. The summed E-state index contributed by atoms with van der Waals surface area (Å²) in [7, 11) is 0. The largest absolute Gasteiger partial charge is 0.378 e. The third-order valence-corrected chi connectivity index (χ3v) is 3.64. The van der Waals surface area contributed by atoms with Gasteiger partial charge in [0.2, 0.25) is 0 Å². The number of hydrogen-bond acceptors (Lipinski definition) is 1. The summed E-state index contributed by atoms with van der Waals surface area (Å²) in [5, 5.41) is 3.74. The fraction of sp³-hybridized carbons (Fsp3) is 0.143. The molecule has 2 aromatic carbocycles. The van der Waals surface area contributed by atoms with E-state index in [0.29, 0.717) is 21.7 Å². The normalized spacial score (nSPS) is 10.4. The van der Waals surface area contributed by atoms with Crippen LogP contribution < -0.4 is 5.32 Å². The third kappa shape index (κ3) is 3.03. The average Bonchev–Trinajstić information content (AvgIpc) is 2.31. The SMILES string of the molecule is Cc1ccc(CNc2c(F)cccc2Br)c(Cl)c1. The van der Waals surface area contributed by atoms with Crippen molar-refractivity contribution in [3.05, 3.63) is 62.8 Å². The zero-order valence-electron chi connectivity index (χ0n) is 9.81. The molecule has 0 saturated heterocycles. The van der Waals surface area contributed by atoms with E-state index >= 15 is 0 Å². The van der Waals surface area contributed by atoms with Gasteiger partial charge in [-0.25, -0.2) is 4.39 Å². The molecule has 18 heavy (non-hydrogen) atoms. The molecule has 0 bridgehead atoms. The summed E-state index contributed by atoms with van der Waals surface area (Å²) < 4.78 is 14.3. The highest BCUT2D eigenvalue weighted by atomic mass is 79.9. The standard InChI is InChI=1S/C14H12BrClFN/c1-9-5-6-10(12(16)7-9)8-18-14-11(15)3-2-4-13(14)17/h2-7,18H,8H2,1H3. The molecule has 0 spiro atoms. The molecular formula is C14H12BrClFN. The minimum atomic E-state index is -0.285. The highest BCUT2D eigenvalue weighted by Gasteiger charge is 2.07. The number of benzene rings is 2. The Morgan fingerprint density at radius 1 is 1.28 bits per heavy atom. The molecule has 0 amide bonds. The van der Waals surface area contributed by atoms with Crippen LogP contribution in [0.4, 0.5) is 10.1 Å². The van der Waals surface area contributed by atoms with Crippen LogP contribution in [0.1, 0.15) is 11.1 Å². The van der Waals surface area contributed by atoms with Crippen LogP contribution in [0.15, 0.2) is 40.9 Å². The second kappa shape index (κ2) is 5.72. The number of anilines is 1. The average molecular weight is 329 g/mol. The Balaban J connectivity index is 2.16. The highest BCUT2D eigenvalue weighted by Crippen LogP contribution is 2.26. The van der Waals surface area contributed by atoms with Crippen LogP contribution in [0.3, 0.4) is 0 Å². The van der Waals surface area contributed by atoms with Crippen LogP contribution in [-0.2, 0) is 6.54 Å². The van der Waals surface area contributed by atoms with Gasteiger partial charge >= 0.3 is 0 Å². The van der Waals surface area contributed by atoms with Crippen LogP contribution in [0.5, 0.6) is 0 Å². The number of aryl methyl sites for hydroxylation is 1. The van der Waals surface area contributed by atoms with Gasteiger partial charge in [0, 0.05) is 16.0 Å². The quantitative estimate of drug-likeness (QED) is 0.820. The lowest BCUT2D eigenvalue weighted by Gasteiger charge is -2.11. The molecule has 2 rings (SSSR count). The third-order valence-electron chi connectivity index (χ3n) is 2.63. The molecule has 4 heteroatoms. The predicted octanol–water partition coefficient (Wildman–Crippen LogP) is 5.16. The summed E-state index contributed by atoms with van der Waals surface area (Å²) >= 11 is 9.45. The molecule has 1 nitrogen and oxygen atoms in total. The zero-order valence-corrected chi connectivity index (χ0v) is 12.1. The molecule has 0 aliphatic heterocycles. The molecule has 0 aromatic heterocycles. The maximum Gasteiger partial charge on any atom is 0.147 e. The number of rotatable bonds is 3. The lowest BCUT2D eigenvalue weighted by molar-refractivity contribution is 0.629. The number of halogens is 3. The summed E-state index contributed by atoms with van der Waals surface area (Å²) in [5.74, 6) is -0.285. The van der Waals surface area contributed by atoms with Crippen molar-refractivity contribution in [3.8, 4) is 0 Å². The van der Waals surface area contributed by atoms with E-state index in [4.69, 9.17) is 11.6 Å². The molecule has 0 aliphatic carbocycles. The van der Waals surface area contributed by atoms with E-state index in [1.807, 2.05) is 25.1 Å². The minimum absolute atomic E-state index is 0.285. The van der Waals surface area contributed by atoms with Gasteiger partial charge < -0.3 is 5.32 Å². The second-order valence-corrected chi connectivity index (χ2v) is 5.31. The zero-order chi connectivity index (χ0) is 13.1.